The molecule has 2 atom stereocenters. The van der Waals surface area contributed by atoms with Gasteiger partial charge in [0, 0.05) is 23.7 Å². The third-order valence-corrected chi connectivity index (χ3v) is 4.69. The first-order chi connectivity index (χ1) is 11.5. The number of amides is 2. The number of fused-ring (bicyclic) bond motifs is 1. The van der Waals surface area contributed by atoms with E-state index in [0.29, 0.717) is 28.8 Å². The molecule has 2 unspecified atom stereocenters. The van der Waals surface area contributed by atoms with Crippen LogP contribution in [0.4, 0.5) is 4.79 Å². The second-order valence-corrected chi connectivity index (χ2v) is 6.28. The number of likely N-dealkylation sites (N-methyl/N-ethyl adjacent to an activating group) is 2. The first-order valence-corrected chi connectivity index (χ1v) is 8.46. The summed E-state index contributed by atoms with van der Waals surface area (Å²) in [6.45, 7) is 4.98. The van der Waals surface area contributed by atoms with Crippen LogP contribution in [0.2, 0.25) is 5.02 Å². The molecule has 7 nitrogen and oxygen atoms in total. The monoisotopic (exact) mass is 367 g/mol. The van der Waals surface area contributed by atoms with Crippen molar-refractivity contribution < 1.29 is 9.90 Å². The van der Waals surface area contributed by atoms with E-state index in [1.165, 1.54) is 12.3 Å². The van der Waals surface area contributed by atoms with Gasteiger partial charge in [-0.05, 0) is 44.3 Å². The van der Waals surface area contributed by atoms with Crippen LogP contribution in [0.3, 0.4) is 0 Å². The zero-order valence-corrected chi connectivity index (χ0v) is 14.9. The summed E-state index contributed by atoms with van der Waals surface area (Å²) in [6.07, 6.45) is 0.942. The van der Waals surface area contributed by atoms with Crippen LogP contribution in [0, 0.1) is 0 Å². The summed E-state index contributed by atoms with van der Waals surface area (Å²) in [5.41, 5.74) is 0.480. The Hall–Kier alpha value is -2.06. The quantitative estimate of drug-likeness (QED) is 0.629. The topological polar surface area (TPSA) is 71.4 Å². The molecule has 9 heteroatoms. The molecule has 0 aromatic heterocycles. The number of urea groups is 1. The van der Waals surface area contributed by atoms with E-state index in [1.807, 2.05) is 13.8 Å². The van der Waals surface area contributed by atoms with Crippen LogP contribution >= 0.6 is 23.8 Å². The smallest absolute Gasteiger partial charge is 0.323 e. The largest absolute Gasteiger partial charge is 0.507 e. The predicted molar refractivity (Wildman–Crippen MR) is 96.0 cm³/mol. The Morgan fingerprint density at radius 1 is 1.38 bits per heavy atom. The number of benzene rings is 1. The lowest BCUT2D eigenvalue weighted by molar-refractivity contribution is 0.157. The Kier molecular flexibility index (Phi) is 4.51. The number of phenols is 1. The molecular weight excluding hydrogens is 350 g/mol. The van der Waals surface area contributed by atoms with Crippen molar-refractivity contribution >= 4 is 41.2 Å². The molecule has 0 radical (unpaired) electrons. The number of carbonyl (C=O) groups is 1. The van der Waals surface area contributed by atoms with Crippen LogP contribution in [0.15, 0.2) is 23.3 Å². The van der Waals surface area contributed by atoms with Gasteiger partial charge < -0.3 is 15.3 Å². The van der Waals surface area contributed by atoms with Crippen molar-refractivity contribution in [2.45, 2.75) is 26.2 Å². The van der Waals surface area contributed by atoms with E-state index in [0.717, 1.165) is 0 Å². The number of phenolic OH excluding ortho intramolecular Hbond substituents is 1. The molecule has 2 aliphatic heterocycles. The van der Waals surface area contributed by atoms with Crippen LogP contribution < -0.4 is 5.32 Å². The third-order valence-electron chi connectivity index (χ3n) is 4.15. The van der Waals surface area contributed by atoms with Gasteiger partial charge in [-0.25, -0.2) is 9.80 Å². The fraction of sp³-hybridized carbons (Fsp3) is 0.400. The van der Waals surface area contributed by atoms with Gasteiger partial charge in [-0.15, -0.1) is 0 Å². The summed E-state index contributed by atoms with van der Waals surface area (Å²) in [7, 11) is 0. The van der Waals surface area contributed by atoms with E-state index in [4.69, 9.17) is 23.8 Å². The average molecular weight is 368 g/mol. The van der Waals surface area contributed by atoms with E-state index in [2.05, 4.69) is 10.4 Å². The molecule has 0 aliphatic carbocycles. The lowest BCUT2D eigenvalue weighted by Gasteiger charge is -2.25. The average Bonchev–Trinajstić information content (AvgIpc) is 2.99. The summed E-state index contributed by atoms with van der Waals surface area (Å²) >= 11 is 11.3. The van der Waals surface area contributed by atoms with Gasteiger partial charge in [-0.3, -0.25) is 4.90 Å². The number of rotatable bonds is 4. The van der Waals surface area contributed by atoms with Crippen molar-refractivity contribution in [1.82, 2.24) is 20.1 Å². The van der Waals surface area contributed by atoms with Crippen LogP contribution in [-0.4, -0.2) is 62.7 Å². The summed E-state index contributed by atoms with van der Waals surface area (Å²) < 4.78 is 0. The minimum absolute atomic E-state index is 0.0456. The van der Waals surface area contributed by atoms with Crippen LogP contribution in [0.25, 0.3) is 0 Å². The van der Waals surface area contributed by atoms with Gasteiger partial charge in [0.15, 0.2) is 11.3 Å². The van der Waals surface area contributed by atoms with Crippen LogP contribution in [0.5, 0.6) is 5.75 Å². The van der Waals surface area contributed by atoms with Gasteiger partial charge in [0.2, 0.25) is 0 Å². The second kappa shape index (κ2) is 6.45. The second-order valence-electron chi connectivity index (χ2n) is 5.45. The van der Waals surface area contributed by atoms with Crippen molar-refractivity contribution in [3.63, 3.8) is 0 Å². The van der Waals surface area contributed by atoms with Gasteiger partial charge in [0.1, 0.15) is 11.9 Å². The van der Waals surface area contributed by atoms with Crippen LogP contribution in [-0.2, 0) is 0 Å². The number of thiocarbonyl (C=S) groups is 1. The lowest BCUT2D eigenvalue weighted by atomic mass is 10.2. The molecule has 0 spiro atoms. The van der Waals surface area contributed by atoms with E-state index < -0.39 is 0 Å². The highest BCUT2D eigenvalue weighted by molar-refractivity contribution is 7.80. The Labute approximate surface area is 150 Å². The maximum absolute atomic E-state index is 12.4. The van der Waals surface area contributed by atoms with Crippen molar-refractivity contribution in [1.29, 1.82) is 0 Å². The molecule has 2 fully saturated rings. The highest BCUT2D eigenvalue weighted by Crippen LogP contribution is 2.29. The highest BCUT2D eigenvalue weighted by Gasteiger charge is 2.53. The van der Waals surface area contributed by atoms with Gasteiger partial charge >= 0.3 is 6.03 Å². The van der Waals surface area contributed by atoms with Gasteiger partial charge in [-0.2, -0.15) is 5.10 Å². The first kappa shape index (κ1) is 16.8. The number of nitrogens with one attached hydrogen (secondary N) is 1. The van der Waals surface area contributed by atoms with Gasteiger partial charge in [0.05, 0.1) is 6.21 Å². The van der Waals surface area contributed by atoms with Gasteiger partial charge in [-0.1, -0.05) is 11.6 Å². The Balaban J connectivity index is 1.90. The molecular formula is C15H18ClN5O2S. The lowest BCUT2D eigenvalue weighted by Crippen LogP contribution is -2.43. The number of hydrogen-bond acceptors (Lipinski definition) is 4. The maximum Gasteiger partial charge on any atom is 0.323 e. The molecule has 128 valence electrons. The Morgan fingerprint density at radius 3 is 2.75 bits per heavy atom. The van der Waals surface area contributed by atoms with E-state index >= 15 is 0 Å². The number of halogens is 1. The number of carbonyl (C=O) groups excluding carboxylic acids is 1. The van der Waals surface area contributed by atoms with E-state index in [-0.39, 0.29) is 24.1 Å². The molecule has 0 bridgehead atoms. The predicted octanol–water partition coefficient (Wildman–Crippen LogP) is 2.00. The molecule has 2 amide bonds. The Bertz CT molecular complexity index is 713. The highest BCUT2D eigenvalue weighted by atomic mass is 35.5. The molecule has 0 saturated carbocycles. The maximum atomic E-state index is 12.4. The summed E-state index contributed by atoms with van der Waals surface area (Å²) in [5, 5.41) is 20.0. The number of hydrazone groups is 1. The summed E-state index contributed by atoms with van der Waals surface area (Å²) in [6, 6.07) is 4.67. The molecule has 2 aliphatic rings. The molecule has 2 N–H and O–H groups in total. The third kappa shape index (κ3) is 2.65. The van der Waals surface area contributed by atoms with Gasteiger partial charge in [0.25, 0.3) is 0 Å². The summed E-state index contributed by atoms with van der Waals surface area (Å²) in [4.78, 5) is 15.9. The number of aromatic hydroxyl groups is 1. The van der Waals surface area contributed by atoms with Crippen molar-refractivity contribution in [2.24, 2.45) is 5.10 Å². The molecule has 2 saturated heterocycles. The van der Waals surface area contributed by atoms with Crippen molar-refractivity contribution in [2.75, 3.05) is 13.1 Å². The fourth-order valence-electron chi connectivity index (χ4n) is 2.99. The minimum Gasteiger partial charge on any atom is -0.507 e. The summed E-state index contributed by atoms with van der Waals surface area (Å²) in [5.74, 6) is 0.0720. The van der Waals surface area contributed by atoms with Crippen LogP contribution in [0.1, 0.15) is 19.4 Å². The molecule has 1 aromatic carbocycles. The molecule has 2 heterocycles. The number of nitrogens with zero attached hydrogens (tertiary/aromatic N) is 4. The minimum atomic E-state index is -0.312. The zero-order chi connectivity index (χ0) is 17.4. The standard InChI is InChI=1S/C15H18ClN5O2S/c1-3-19-12-13(20(4-2)15(19)23)21(14(24)18-12)17-8-9-7-10(16)5-6-11(9)22/h5-8,12-13,22H,3-4H2,1-2H3,(H,18,24)/b17-8+. The fourth-order valence-corrected chi connectivity index (χ4v) is 3.44. The molecule has 3 rings (SSSR count). The van der Waals surface area contributed by atoms with E-state index in [1.54, 1.807) is 26.9 Å². The SMILES string of the molecule is CCN1C(=O)N(CC)C2C1NC(=S)N2/N=C/c1cc(Cl)ccc1O. The normalized spacial score (nSPS) is 23.4. The Morgan fingerprint density at radius 2 is 2.08 bits per heavy atom. The molecule has 1 aromatic rings. The van der Waals surface area contributed by atoms with E-state index in [9.17, 15) is 9.90 Å². The zero-order valence-electron chi connectivity index (χ0n) is 13.3. The first-order valence-electron chi connectivity index (χ1n) is 7.67. The number of hydrogen-bond donors (Lipinski definition) is 2. The van der Waals surface area contributed by atoms with Crippen molar-refractivity contribution in [3.05, 3.63) is 28.8 Å². The van der Waals surface area contributed by atoms with Crippen molar-refractivity contribution in [3.8, 4) is 5.75 Å². The molecule has 24 heavy (non-hydrogen) atoms.